The van der Waals surface area contributed by atoms with E-state index in [0.717, 1.165) is 18.4 Å². The van der Waals surface area contributed by atoms with Crippen LogP contribution in [0.25, 0.3) is 4.85 Å². The molecule has 1 fully saturated rings. The van der Waals surface area contributed by atoms with E-state index in [-0.39, 0.29) is 11.9 Å². The number of ether oxygens (including phenoxy) is 2. The second-order valence-corrected chi connectivity index (χ2v) is 9.47. The largest absolute Gasteiger partial charge is 0.494 e. The summed E-state index contributed by atoms with van der Waals surface area (Å²) in [6.07, 6.45) is 6.41. The molecular formula is C24H33N3O4. The summed E-state index contributed by atoms with van der Waals surface area (Å²) < 4.78 is 11.1. The summed E-state index contributed by atoms with van der Waals surface area (Å²) in [7, 11) is 0. The lowest BCUT2D eigenvalue weighted by Crippen LogP contribution is -2.50. The van der Waals surface area contributed by atoms with Crippen LogP contribution >= 0.6 is 0 Å². The Labute approximate surface area is 184 Å². The molecule has 0 spiro atoms. The van der Waals surface area contributed by atoms with Crippen LogP contribution in [-0.4, -0.2) is 30.3 Å². The van der Waals surface area contributed by atoms with Gasteiger partial charge in [0.2, 0.25) is 5.91 Å². The van der Waals surface area contributed by atoms with Gasteiger partial charge < -0.3 is 20.1 Å². The zero-order valence-corrected chi connectivity index (χ0v) is 18.7. The topological polar surface area (TPSA) is 81.0 Å². The summed E-state index contributed by atoms with van der Waals surface area (Å²) in [5.41, 5.74) is 0.740. The fourth-order valence-corrected chi connectivity index (χ4v) is 4.31. The Morgan fingerprint density at radius 3 is 2.65 bits per heavy atom. The van der Waals surface area contributed by atoms with Crippen molar-refractivity contribution in [1.29, 1.82) is 0 Å². The van der Waals surface area contributed by atoms with Gasteiger partial charge in [0.15, 0.2) is 5.69 Å². The molecule has 0 aromatic heterocycles. The number of hydrogen-bond donors (Lipinski definition) is 2. The van der Waals surface area contributed by atoms with Crippen molar-refractivity contribution in [2.75, 3.05) is 6.61 Å². The molecule has 7 heteroatoms. The number of nitrogens with one attached hydrogen (secondary N) is 2. The molecule has 0 saturated heterocycles. The van der Waals surface area contributed by atoms with Gasteiger partial charge in [0.05, 0.1) is 19.2 Å². The van der Waals surface area contributed by atoms with Crippen LogP contribution in [0.3, 0.4) is 0 Å². The Kier molecular flexibility index (Phi) is 7.42. The highest BCUT2D eigenvalue weighted by Gasteiger charge is 2.31. The molecule has 2 N–H and O–H groups in total. The number of carbonyl (C=O) groups excluding carboxylic acids is 2. The average Bonchev–Trinajstić information content (AvgIpc) is 2.72. The summed E-state index contributed by atoms with van der Waals surface area (Å²) >= 11 is 0. The van der Waals surface area contributed by atoms with E-state index in [2.05, 4.69) is 15.5 Å². The predicted octanol–water partition coefficient (Wildman–Crippen LogP) is 5.04. The van der Waals surface area contributed by atoms with Gasteiger partial charge in [-0.05, 0) is 39.2 Å². The van der Waals surface area contributed by atoms with E-state index >= 15 is 0 Å². The summed E-state index contributed by atoms with van der Waals surface area (Å²) in [5.74, 6) is 0.847. The Hall–Kier alpha value is -2.75. The third kappa shape index (κ3) is 6.61. The number of benzene rings is 1. The molecule has 2 aliphatic rings. The van der Waals surface area contributed by atoms with Crippen molar-refractivity contribution in [2.45, 2.75) is 83.4 Å². The van der Waals surface area contributed by atoms with Gasteiger partial charge in [-0.15, -0.1) is 0 Å². The van der Waals surface area contributed by atoms with Crippen molar-refractivity contribution in [3.05, 3.63) is 35.2 Å². The second kappa shape index (κ2) is 10.0. The van der Waals surface area contributed by atoms with Crippen molar-refractivity contribution in [2.24, 2.45) is 5.92 Å². The average molecular weight is 428 g/mol. The minimum absolute atomic E-state index is 0.205. The number of nitrogens with zero attached hydrogens (tertiary/aromatic N) is 1. The van der Waals surface area contributed by atoms with E-state index in [0.29, 0.717) is 36.8 Å². The van der Waals surface area contributed by atoms with Gasteiger partial charge in [-0.2, -0.15) is 0 Å². The highest BCUT2D eigenvalue weighted by atomic mass is 16.6. The highest BCUT2D eigenvalue weighted by molar-refractivity contribution is 5.86. The normalized spacial score (nSPS) is 19.9. The van der Waals surface area contributed by atoms with Gasteiger partial charge >= 0.3 is 6.09 Å². The minimum Gasteiger partial charge on any atom is -0.494 e. The van der Waals surface area contributed by atoms with Crippen LogP contribution < -0.4 is 15.4 Å². The molecule has 0 bridgehead atoms. The maximum atomic E-state index is 13.2. The molecule has 1 aromatic carbocycles. The van der Waals surface area contributed by atoms with Crippen molar-refractivity contribution in [1.82, 2.24) is 10.6 Å². The van der Waals surface area contributed by atoms with Gasteiger partial charge in [-0.3, -0.25) is 4.79 Å². The smallest absolute Gasteiger partial charge is 0.408 e. The molecule has 31 heavy (non-hydrogen) atoms. The van der Waals surface area contributed by atoms with Crippen molar-refractivity contribution in [3.8, 4) is 5.75 Å². The SMILES string of the molecule is [C-]#[N+]c1ccc2c(c1)OCC[C@@H]2NC(=O)[C@@H](CC1CCCCC1)NC(=O)OC(C)(C)C. The maximum Gasteiger partial charge on any atom is 0.408 e. The van der Waals surface area contributed by atoms with Crippen LogP contribution in [-0.2, 0) is 9.53 Å². The van der Waals surface area contributed by atoms with Crippen LogP contribution in [0.4, 0.5) is 10.5 Å². The Morgan fingerprint density at radius 1 is 1.23 bits per heavy atom. The molecule has 1 aliphatic carbocycles. The van der Waals surface area contributed by atoms with Crippen LogP contribution in [0.15, 0.2) is 18.2 Å². The second-order valence-electron chi connectivity index (χ2n) is 9.47. The summed E-state index contributed by atoms with van der Waals surface area (Å²) in [5, 5.41) is 5.91. The van der Waals surface area contributed by atoms with E-state index in [1.54, 1.807) is 32.9 Å². The van der Waals surface area contributed by atoms with Gasteiger partial charge in [0.25, 0.3) is 0 Å². The first-order valence-electron chi connectivity index (χ1n) is 11.2. The van der Waals surface area contributed by atoms with Gasteiger partial charge in [0, 0.05) is 12.0 Å². The third-order valence-electron chi connectivity index (χ3n) is 5.78. The summed E-state index contributed by atoms with van der Waals surface area (Å²) in [6, 6.07) is 4.42. The molecule has 1 aliphatic heterocycles. The zero-order valence-electron chi connectivity index (χ0n) is 18.7. The summed E-state index contributed by atoms with van der Waals surface area (Å²) in [6.45, 7) is 13.1. The Morgan fingerprint density at radius 2 is 1.97 bits per heavy atom. The lowest BCUT2D eigenvalue weighted by atomic mass is 9.84. The standard InChI is InChI=1S/C24H33N3O4/c1-24(2,3)31-23(29)27-20(14-16-8-6-5-7-9-16)22(28)26-19-12-13-30-21-15-17(25-4)10-11-18(19)21/h10-11,15-16,19-20H,5-9,12-14H2,1-3H3,(H,26,28)(H,27,29)/t19-,20+/m0/s1. The lowest BCUT2D eigenvalue weighted by molar-refractivity contribution is -0.124. The minimum atomic E-state index is -0.647. The quantitative estimate of drug-likeness (QED) is 0.645. The Bertz CT molecular complexity index is 834. The van der Waals surface area contributed by atoms with Crippen LogP contribution in [0.5, 0.6) is 5.75 Å². The molecule has 168 valence electrons. The molecule has 0 radical (unpaired) electrons. The lowest BCUT2D eigenvalue weighted by Gasteiger charge is -2.31. The van der Waals surface area contributed by atoms with E-state index in [1.165, 1.54) is 19.3 Å². The first-order chi connectivity index (χ1) is 14.7. The molecule has 1 saturated carbocycles. The molecule has 2 amide bonds. The van der Waals surface area contributed by atoms with E-state index in [1.807, 2.05) is 6.07 Å². The van der Waals surface area contributed by atoms with Crippen molar-refractivity contribution >= 4 is 17.7 Å². The third-order valence-corrected chi connectivity index (χ3v) is 5.78. The van der Waals surface area contributed by atoms with Gasteiger partial charge in [-0.1, -0.05) is 44.2 Å². The number of fused-ring (bicyclic) bond motifs is 1. The molecule has 2 atom stereocenters. The predicted molar refractivity (Wildman–Crippen MR) is 118 cm³/mol. The molecule has 0 unspecified atom stereocenters. The monoisotopic (exact) mass is 427 g/mol. The number of rotatable bonds is 5. The number of alkyl carbamates (subject to hydrolysis) is 1. The fourth-order valence-electron chi connectivity index (χ4n) is 4.31. The summed E-state index contributed by atoms with van der Waals surface area (Å²) in [4.78, 5) is 29.1. The highest BCUT2D eigenvalue weighted by Crippen LogP contribution is 2.35. The molecular weight excluding hydrogens is 394 g/mol. The molecule has 7 nitrogen and oxygen atoms in total. The van der Waals surface area contributed by atoms with Gasteiger partial charge in [0.1, 0.15) is 17.4 Å². The van der Waals surface area contributed by atoms with Crippen LogP contribution in [0.2, 0.25) is 0 Å². The maximum absolute atomic E-state index is 13.2. The first-order valence-corrected chi connectivity index (χ1v) is 11.2. The number of hydrogen-bond acceptors (Lipinski definition) is 4. The van der Waals surface area contributed by atoms with Gasteiger partial charge in [-0.25, -0.2) is 9.64 Å². The van der Waals surface area contributed by atoms with Crippen LogP contribution in [0, 0.1) is 12.5 Å². The number of amides is 2. The first kappa shape index (κ1) is 22.9. The van der Waals surface area contributed by atoms with Crippen molar-refractivity contribution in [3.63, 3.8) is 0 Å². The number of carbonyl (C=O) groups is 2. The van der Waals surface area contributed by atoms with Crippen molar-refractivity contribution < 1.29 is 19.1 Å². The van der Waals surface area contributed by atoms with Crippen LogP contribution in [0.1, 0.15) is 77.3 Å². The molecule has 1 aromatic rings. The molecule has 3 rings (SSSR count). The zero-order chi connectivity index (χ0) is 22.4. The Balaban J connectivity index is 1.72. The fraction of sp³-hybridized carbons (Fsp3) is 0.625. The molecule has 1 heterocycles. The van der Waals surface area contributed by atoms with E-state index in [4.69, 9.17) is 16.0 Å². The van der Waals surface area contributed by atoms with E-state index < -0.39 is 17.7 Å². The van der Waals surface area contributed by atoms with E-state index in [9.17, 15) is 9.59 Å².